The van der Waals surface area contributed by atoms with Crippen LogP contribution in [0.4, 0.5) is 0 Å². The molecule has 0 heterocycles. The van der Waals surface area contributed by atoms with E-state index in [1.165, 1.54) is 18.4 Å². The quantitative estimate of drug-likeness (QED) is 0.862. The van der Waals surface area contributed by atoms with E-state index < -0.39 is 0 Å². The molecule has 1 fully saturated rings. The number of hydrogen-bond donors (Lipinski definition) is 1. The Morgan fingerprint density at radius 3 is 2.24 bits per heavy atom. The molecule has 1 aromatic rings. The molecule has 0 saturated heterocycles. The molecule has 0 bridgehead atoms. The van der Waals surface area contributed by atoms with Gasteiger partial charge in [-0.2, -0.15) is 0 Å². The molecular formula is C18H29NO2. The molecule has 1 aromatic carbocycles. The third-order valence-corrected chi connectivity index (χ3v) is 4.16. The van der Waals surface area contributed by atoms with E-state index in [4.69, 9.17) is 9.47 Å². The molecule has 1 aliphatic carbocycles. The van der Waals surface area contributed by atoms with Crippen LogP contribution >= 0.6 is 0 Å². The Labute approximate surface area is 129 Å². The predicted molar refractivity (Wildman–Crippen MR) is 86.7 cm³/mol. The molecule has 1 N–H and O–H groups in total. The molecule has 0 aliphatic heterocycles. The van der Waals surface area contributed by atoms with Crippen molar-refractivity contribution >= 4 is 0 Å². The van der Waals surface area contributed by atoms with Crippen LogP contribution in [-0.4, -0.2) is 24.8 Å². The summed E-state index contributed by atoms with van der Waals surface area (Å²) in [6.07, 6.45) is 4.86. The molecule has 0 spiro atoms. The van der Waals surface area contributed by atoms with Gasteiger partial charge in [0.2, 0.25) is 0 Å². The van der Waals surface area contributed by atoms with Crippen molar-refractivity contribution in [3.63, 3.8) is 0 Å². The molecule has 0 unspecified atom stereocenters. The summed E-state index contributed by atoms with van der Waals surface area (Å²) in [4.78, 5) is 0. The number of benzene rings is 1. The third kappa shape index (κ3) is 5.01. The minimum absolute atomic E-state index is 0.00715. The average molecular weight is 291 g/mol. The van der Waals surface area contributed by atoms with Crippen LogP contribution < -0.4 is 10.1 Å². The maximum atomic E-state index is 6.34. The van der Waals surface area contributed by atoms with E-state index in [2.05, 4.69) is 38.2 Å². The first-order chi connectivity index (χ1) is 9.92. The lowest BCUT2D eigenvalue weighted by molar-refractivity contribution is -0.0535. The number of methoxy groups -OCH3 is 1. The SMILES string of the molecule is COc1ccc(COC2(CNC(C)(C)C)CCCC2)cc1. The normalized spacial score (nSPS) is 17.9. The minimum atomic E-state index is 0.00715. The number of hydrogen-bond acceptors (Lipinski definition) is 3. The summed E-state index contributed by atoms with van der Waals surface area (Å²) >= 11 is 0. The monoisotopic (exact) mass is 291 g/mol. The third-order valence-electron chi connectivity index (χ3n) is 4.16. The van der Waals surface area contributed by atoms with Crippen LogP contribution in [0.5, 0.6) is 5.75 Å². The molecule has 0 radical (unpaired) electrons. The smallest absolute Gasteiger partial charge is 0.118 e. The van der Waals surface area contributed by atoms with E-state index in [0.29, 0.717) is 6.61 Å². The van der Waals surface area contributed by atoms with Gasteiger partial charge in [0, 0.05) is 12.1 Å². The fourth-order valence-electron chi connectivity index (χ4n) is 2.78. The lowest BCUT2D eigenvalue weighted by Gasteiger charge is -2.33. The molecule has 0 aromatic heterocycles. The molecule has 1 aliphatic rings. The Morgan fingerprint density at radius 2 is 1.71 bits per heavy atom. The first-order valence-corrected chi connectivity index (χ1v) is 7.94. The molecule has 1 saturated carbocycles. The van der Waals surface area contributed by atoms with Gasteiger partial charge in [-0.25, -0.2) is 0 Å². The Kier molecular flexibility index (Phi) is 5.28. The van der Waals surface area contributed by atoms with Crippen LogP contribution in [0, 0.1) is 0 Å². The van der Waals surface area contributed by atoms with Gasteiger partial charge < -0.3 is 14.8 Å². The van der Waals surface area contributed by atoms with Crippen molar-refractivity contribution in [3.05, 3.63) is 29.8 Å². The molecule has 3 heteroatoms. The van der Waals surface area contributed by atoms with Gasteiger partial charge in [0.1, 0.15) is 5.75 Å². The zero-order chi connectivity index (χ0) is 15.3. The second-order valence-electron chi connectivity index (χ2n) is 7.13. The van der Waals surface area contributed by atoms with E-state index in [-0.39, 0.29) is 11.1 Å². The number of rotatable bonds is 6. The van der Waals surface area contributed by atoms with Gasteiger partial charge in [-0.05, 0) is 51.3 Å². The largest absolute Gasteiger partial charge is 0.497 e. The fourth-order valence-corrected chi connectivity index (χ4v) is 2.78. The van der Waals surface area contributed by atoms with Crippen molar-refractivity contribution in [2.75, 3.05) is 13.7 Å². The Hall–Kier alpha value is -1.06. The van der Waals surface area contributed by atoms with Crippen molar-refractivity contribution in [2.24, 2.45) is 0 Å². The zero-order valence-electron chi connectivity index (χ0n) is 13.9. The Morgan fingerprint density at radius 1 is 1.10 bits per heavy atom. The van der Waals surface area contributed by atoms with E-state index in [0.717, 1.165) is 25.1 Å². The summed E-state index contributed by atoms with van der Waals surface area (Å²) in [5.74, 6) is 0.892. The molecule has 118 valence electrons. The van der Waals surface area contributed by atoms with Gasteiger partial charge in [-0.15, -0.1) is 0 Å². The van der Waals surface area contributed by atoms with E-state index in [9.17, 15) is 0 Å². The summed E-state index contributed by atoms with van der Waals surface area (Å²) < 4.78 is 11.5. The minimum Gasteiger partial charge on any atom is -0.497 e. The fraction of sp³-hybridized carbons (Fsp3) is 0.667. The van der Waals surface area contributed by atoms with E-state index in [1.54, 1.807) is 7.11 Å². The van der Waals surface area contributed by atoms with Crippen LogP contribution in [0.1, 0.15) is 52.0 Å². The number of nitrogens with one attached hydrogen (secondary N) is 1. The lowest BCUT2D eigenvalue weighted by Crippen LogP contribution is -2.47. The summed E-state index contributed by atoms with van der Waals surface area (Å²) in [6, 6.07) is 8.15. The zero-order valence-corrected chi connectivity index (χ0v) is 13.9. The highest BCUT2D eigenvalue weighted by atomic mass is 16.5. The van der Waals surface area contributed by atoms with Gasteiger partial charge in [-0.1, -0.05) is 25.0 Å². The highest BCUT2D eigenvalue weighted by molar-refractivity contribution is 5.26. The van der Waals surface area contributed by atoms with Crippen molar-refractivity contribution in [3.8, 4) is 5.75 Å². The predicted octanol–water partition coefficient (Wildman–Crippen LogP) is 3.91. The second kappa shape index (κ2) is 6.80. The average Bonchev–Trinajstić information content (AvgIpc) is 2.92. The first-order valence-electron chi connectivity index (χ1n) is 7.94. The summed E-state index contributed by atoms with van der Waals surface area (Å²) in [6.45, 7) is 8.24. The van der Waals surface area contributed by atoms with Crippen molar-refractivity contribution in [1.82, 2.24) is 5.32 Å². The van der Waals surface area contributed by atoms with Gasteiger partial charge in [0.05, 0.1) is 19.3 Å². The first kappa shape index (κ1) is 16.3. The molecule has 3 nitrogen and oxygen atoms in total. The van der Waals surface area contributed by atoms with Gasteiger partial charge >= 0.3 is 0 Å². The van der Waals surface area contributed by atoms with Gasteiger partial charge in [-0.3, -0.25) is 0 Å². The molecule has 0 atom stereocenters. The van der Waals surface area contributed by atoms with E-state index in [1.807, 2.05) is 12.1 Å². The summed E-state index contributed by atoms with van der Waals surface area (Å²) in [7, 11) is 1.69. The van der Waals surface area contributed by atoms with E-state index >= 15 is 0 Å². The Balaban J connectivity index is 1.93. The molecule has 0 amide bonds. The molecule has 2 rings (SSSR count). The van der Waals surface area contributed by atoms with Crippen molar-refractivity contribution in [1.29, 1.82) is 0 Å². The topological polar surface area (TPSA) is 30.5 Å². The van der Waals surface area contributed by atoms with Crippen LogP contribution in [0.15, 0.2) is 24.3 Å². The standard InChI is InChI=1S/C18H29NO2/c1-17(2,3)19-14-18(11-5-6-12-18)21-13-15-7-9-16(20-4)10-8-15/h7-10,19H,5-6,11-14H2,1-4H3. The van der Waals surface area contributed by atoms with Crippen LogP contribution in [0.25, 0.3) is 0 Å². The maximum Gasteiger partial charge on any atom is 0.118 e. The number of ether oxygens (including phenoxy) is 2. The van der Waals surface area contributed by atoms with Crippen LogP contribution in [0.2, 0.25) is 0 Å². The van der Waals surface area contributed by atoms with Crippen LogP contribution in [0.3, 0.4) is 0 Å². The van der Waals surface area contributed by atoms with Crippen molar-refractivity contribution in [2.45, 2.75) is 64.2 Å². The molecular weight excluding hydrogens is 262 g/mol. The van der Waals surface area contributed by atoms with Crippen molar-refractivity contribution < 1.29 is 9.47 Å². The summed E-state index contributed by atoms with van der Waals surface area (Å²) in [5.41, 5.74) is 1.35. The highest BCUT2D eigenvalue weighted by Crippen LogP contribution is 2.34. The second-order valence-corrected chi connectivity index (χ2v) is 7.13. The van der Waals surface area contributed by atoms with Crippen LogP contribution in [-0.2, 0) is 11.3 Å². The van der Waals surface area contributed by atoms with Gasteiger partial charge in [0.15, 0.2) is 0 Å². The Bertz CT molecular complexity index is 428. The lowest BCUT2D eigenvalue weighted by atomic mass is 9.99. The highest BCUT2D eigenvalue weighted by Gasteiger charge is 2.35. The molecule has 21 heavy (non-hydrogen) atoms. The maximum absolute atomic E-state index is 6.34. The summed E-state index contributed by atoms with van der Waals surface area (Å²) in [5, 5.41) is 3.61. The van der Waals surface area contributed by atoms with Gasteiger partial charge in [0.25, 0.3) is 0 Å².